The number of hydrogen-bond donors (Lipinski definition) is 2. The Hall–Kier alpha value is -3.80. The van der Waals surface area contributed by atoms with Crippen LogP contribution in [0.2, 0.25) is 10.0 Å². The summed E-state index contributed by atoms with van der Waals surface area (Å²) in [6.45, 7) is 2.01. The average Bonchev–Trinajstić information content (AvgIpc) is 2.84. The van der Waals surface area contributed by atoms with E-state index in [9.17, 15) is 14.7 Å². The summed E-state index contributed by atoms with van der Waals surface area (Å²) in [6, 6.07) is 24.5. The fourth-order valence-electron chi connectivity index (χ4n) is 3.70. The molecule has 0 spiro atoms. The number of phenols is 1. The summed E-state index contributed by atoms with van der Waals surface area (Å²) in [6.07, 6.45) is 0. The lowest BCUT2D eigenvalue weighted by atomic mass is 9.98. The standard InChI is InChI=1S/C28H22Cl2N2O3/c1-17-7-9-18(10-8-17)21-5-3-4-6-22(21)27(34)31-20-12-13-23(24(30)16-20)28(35)32(2)25-14-11-19(29)15-26(25)33/h3-16,33H,1-2H3,(H,31,34). The Labute approximate surface area is 213 Å². The number of carbonyl (C=O) groups excluding carboxylic acids is 2. The summed E-state index contributed by atoms with van der Waals surface area (Å²) in [5.74, 6) is -0.838. The minimum Gasteiger partial charge on any atom is -0.506 e. The first-order chi connectivity index (χ1) is 16.7. The zero-order chi connectivity index (χ0) is 25.1. The topological polar surface area (TPSA) is 69.6 Å². The van der Waals surface area contributed by atoms with Crippen LogP contribution >= 0.6 is 23.2 Å². The molecule has 4 rings (SSSR count). The Bertz CT molecular complexity index is 1420. The normalized spacial score (nSPS) is 10.6. The predicted octanol–water partition coefficient (Wildman–Crippen LogP) is 7.20. The first kappa shape index (κ1) is 24.3. The van der Waals surface area contributed by atoms with E-state index in [4.69, 9.17) is 23.2 Å². The molecule has 2 amide bonds. The highest BCUT2D eigenvalue weighted by atomic mass is 35.5. The Morgan fingerprint density at radius 1 is 0.857 bits per heavy atom. The largest absolute Gasteiger partial charge is 0.506 e. The molecule has 0 saturated carbocycles. The molecule has 7 heteroatoms. The molecule has 4 aromatic rings. The number of carbonyl (C=O) groups is 2. The van der Waals surface area contributed by atoms with Gasteiger partial charge >= 0.3 is 0 Å². The SMILES string of the molecule is Cc1ccc(-c2ccccc2C(=O)Nc2ccc(C(=O)N(C)c3ccc(Cl)cc3O)c(Cl)c2)cc1. The number of phenolic OH excluding ortho intramolecular Hbond substituents is 1. The van der Waals surface area contributed by atoms with Crippen LogP contribution in [0.4, 0.5) is 11.4 Å². The van der Waals surface area contributed by atoms with Crippen LogP contribution in [0.3, 0.4) is 0 Å². The molecule has 5 nitrogen and oxygen atoms in total. The number of amides is 2. The molecule has 0 aliphatic heterocycles. The molecule has 0 fully saturated rings. The third-order valence-electron chi connectivity index (χ3n) is 5.60. The van der Waals surface area contributed by atoms with E-state index in [1.807, 2.05) is 49.4 Å². The van der Waals surface area contributed by atoms with Gasteiger partial charge in [-0.05, 0) is 54.4 Å². The number of nitrogens with zero attached hydrogens (tertiary/aromatic N) is 1. The molecule has 0 radical (unpaired) electrons. The lowest BCUT2D eigenvalue weighted by Crippen LogP contribution is -2.26. The fraction of sp³-hybridized carbons (Fsp3) is 0.0714. The van der Waals surface area contributed by atoms with Crippen molar-refractivity contribution in [3.8, 4) is 16.9 Å². The average molecular weight is 505 g/mol. The van der Waals surface area contributed by atoms with Gasteiger partial charge in [-0.2, -0.15) is 0 Å². The summed E-state index contributed by atoms with van der Waals surface area (Å²) in [5.41, 5.74) is 4.37. The molecule has 4 aromatic carbocycles. The van der Waals surface area contributed by atoms with Gasteiger partial charge < -0.3 is 15.3 Å². The van der Waals surface area contributed by atoms with Crippen LogP contribution in [0.5, 0.6) is 5.75 Å². The van der Waals surface area contributed by atoms with Crippen molar-refractivity contribution >= 4 is 46.4 Å². The number of rotatable bonds is 5. The molecule has 35 heavy (non-hydrogen) atoms. The number of anilines is 2. The molecule has 0 unspecified atom stereocenters. The molecule has 176 valence electrons. The van der Waals surface area contributed by atoms with Crippen molar-refractivity contribution in [1.82, 2.24) is 0 Å². The Morgan fingerprint density at radius 3 is 2.26 bits per heavy atom. The first-order valence-corrected chi connectivity index (χ1v) is 11.5. The highest BCUT2D eigenvalue weighted by molar-refractivity contribution is 6.35. The van der Waals surface area contributed by atoms with Gasteiger partial charge in [-0.25, -0.2) is 0 Å². The van der Waals surface area contributed by atoms with Gasteiger partial charge in [0, 0.05) is 29.4 Å². The molecular weight excluding hydrogens is 483 g/mol. The molecular formula is C28H22Cl2N2O3. The summed E-state index contributed by atoms with van der Waals surface area (Å²) in [4.78, 5) is 27.4. The number of halogens is 2. The van der Waals surface area contributed by atoms with E-state index >= 15 is 0 Å². The third-order valence-corrected chi connectivity index (χ3v) is 6.14. The van der Waals surface area contributed by atoms with Crippen molar-refractivity contribution in [3.05, 3.63) is 112 Å². The van der Waals surface area contributed by atoms with Gasteiger partial charge in [-0.3, -0.25) is 9.59 Å². The fourth-order valence-corrected chi connectivity index (χ4v) is 4.13. The first-order valence-electron chi connectivity index (χ1n) is 10.8. The summed E-state index contributed by atoms with van der Waals surface area (Å²) < 4.78 is 0. The number of aryl methyl sites for hydroxylation is 1. The van der Waals surface area contributed by atoms with Crippen LogP contribution in [-0.4, -0.2) is 24.0 Å². The summed E-state index contributed by atoms with van der Waals surface area (Å²) in [5, 5.41) is 13.5. The van der Waals surface area contributed by atoms with Gasteiger partial charge in [0.05, 0.1) is 16.3 Å². The maximum atomic E-state index is 13.1. The number of benzene rings is 4. The molecule has 0 bridgehead atoms. The maximum absolute atomic E-state index is 13.1. The van der Waals surface area contributed by atoms with Gasteiger partial charge in [0.1, 0.15) is 5.75 Å². The Balaban J connectivity index is 1.55. The molecule has 0 aliphatic rings. The van der Waals surface area contributed by atoms with E-state index in [0.717, 1.165) is 16.7 Å². The minimum absolute atomic E-state index is 0.124. The van der Waals surface area contributed by atoms with Crippen molar-refractivity contribution in [2.45, 2.75) is 6.92 Å². The van der Waals surface area contributed by atoms with Crippen LogP contribution < -0.4 is 10.2 Å². The lowest BCUT2D eigenvalue weighted by Gasteiger charge is -2.19. The molecule has 0 saturated heterocycles. The minimum atomic E-state index is -0.421. The van der Waals surface area contributed by atoms with Gasteiger partial charge in [0.15, 0.2) is 0 Å². The lowest BCUT2D eigenvalue weighted by molar-refractivity contribution is 0.0991. The zero-order valence-corrected chi connectivity index (χ0v) is 20.6. The van der Waals surface area contributed by atoms with Crippen LogP contribution in [0, 0.1) is 6.92 Å². The van der Waals surface area contributed by atoms with Crippen LogP contribution in [-0.2, 0) is 0 Å². The van der Waals surface area contributed by atoms with Gasteiger partial charge in [0.25, 0.3) is 11.8 Å². The number of nitrogens with one attached hydrogen (secondary N) is 1. The van der Waals surface area contributed by atoms with Crippen molar-refractivity contribution < 1.29 is 14.7 Å². The van der Waals surface area contributed by atoms with Crippen LogP contribution in [0.1, 0.15) is 26.3 Å². The van der Waals surface area contributed by atoms with Crippen molar-refractivity contribution in [2.75, 3.05) is 17.3 Å². The third kappa shape index (κ3) is 5.32. The predicted molar refractivity (Wildman–Crippen MR) is 142 cm³/mol. The molecule has 0 heterocycles. The van der Waals surface area contributed by atoms with E-state index < -0.39 is 5.91 Å². The second kappa shape index (κ2) is 10.2. The van der Waals surface area contributed by atoms with Crippen LogP contribution in [0.25, 0.3) is 11.1 Å². The Morgan fingerprint density at radius 2 is 1.57 bits per heavy atom. The van der Waals surface area contributed by atoms with E-state index in [1.165, 1.54) is 30.1 Å². The summed E-state index contributed by atoms with van der Waals surface area (Å²) in [7, 11) is 1.53. The summed E-state index contributed by atoms with van der Waals surface area (Å²) >= 11 is 12.3. The van der Waals surface area contributed by atoms with Crippen molar-refractivity contribution in [2.24, 2.45) is 0 Å². The number of hydrogen-bond acceptors (Lipinski definition) is 3. The molecule has 2 N–H and O–H groups in total. The second-order valence-electron chi connectivity index (χ2n) is 8.06. The highest BCUT2D eigenvalue weighted by Crippen LogP contribution is 2.32. The molecule has 0 atom stereocenters. The molecule has 0 aliphatic carbocycles. The van der Waals surface area contributed by atoms with Crippen LogP contribution in [0.15, 0.2) is 84.9 Å². The molecule has 0 aromatic heterocycles. The van der Waals surface area contributed by atoms with E-state index in [1.54, 1.807) is 24.3 Å². The second-order valence-corrected chi connectivity index (χ2v) is 8.90. The van der Waals surface area contributed by atoms with Gasteiger partial charge in [-0.1, -0.05) is 71.2 Å². The van der Waals surface area contributed by atoms with Gasteiger partial charge in [-0.15, -0.1) is 0 Å². The van der Waals surface area contributed by atoms with Gasteiger partial charge in [0.2, 0.25) is 0 Å². The monoisotopic (exact) mass is 504 g/mol. The smallest absolute Gasteiger partial charge is 0.259 e. The van der Waals surface area contributed by atoms with Crippen molar-refractivity contribution in [1.29, 1.82) is 0 Å². The number of aromatic hydroxyl groups is 1. The highest BCUT2D eigenvalue weighted by Gasteiger charge is 2.20. The van der Waals surface area contributed by atoms with E-state index in [-0.39, 0.29) is 22.2 Å². The van der Waals surface area contributed by atoms with Crippen molar-refractivity contribution in [3.63, 3.8) is 0 Å². The van der Waals surface area contributed by atoms with E-state index in [2.05, 4.69) is 5.32 Å². The zero-order valence-electron chi connectivity index (χ0n) is 19.0. The maximum Gasteiger partial charge on any atom is 0.259 e. The van der Waals surface area contributed by atoms with E-state index in [0.29, 0.717) is 22.0 Å². The Kier molecular flexibility index (Phi) is 7.10. The quantitative estimate of drug-likeness (QED) is 0.301.